The lowest BCUT2D eigenvalue weighted by Crippen LogP contribution is -2.28. The molecular formula is C23H29ClN2O5S. The van der Waals surface area contributed by atoms with Gasteiger partial charge in [-0.05, 0) is 66.6 Å². The van der Waals surface area contributed by atoms with Gasteiger partial charge in [-0.2, -0.15) is 0 Å². The monoisotopic (exact) mass is 480 g/mol. The van der Waals surface area contributed by atoms with E-state index in [0.717, 1.165) is 24.0 Å². The highest BCUT2D eigenvalue weighted by Crippen LogP contribution is 2.39. The van der Waals surface area contributed by atoms with Crippen LogP contribution in [0.15, 0.2) is 35.2 Å². The lowest BCUT2D eigenvalue weighted by Gasteiger charge is -2.17. The van der Waals surface area contributed by atoms with Crippen LogP contribution in [0.3, 0.4) is 0 Å². The van der Waals surface area contributed by atoms with Crippen molar-refractivity contribution in [2.45, 2.75) is 44.0 Å². The zero-order valence-electron chi connectivity index (χ0n) is 18.7. The number of sulfonamides is 1. The molecule has 0 spiro atoms. The second-order valence-electron chi connectivity index (χ2n) is 8.20. The van der Waals surface area contributed by atoms with Crippen LogP contribution in [-0.2, 0) is 16.4 Å². The van der Waals surface area contributed by atoms with Crippen LogP contribution in [0.5, 0.6) is 11.5 Å². The Hall–Kier alpha value is -2.29. The molecule has 2 N–H and O–H groups in total. The van der Waals surface area contributed by atoms with Crippen LogP contribution in [0.2, 0.25) is 5.02 Å². The minimum atomic E-state index is -3.83. The number of carbonyl (C=O) groups excluding carboxylic acids is 1. The molecule has 174 valence electrons. The van der Waals surface area contributed by atoms with E-state index in [0.29, 0.717) is 30.4 Å². The molecule has 2 aromatic rings. The van der Waals surface area contributed by atoms with E-state index in [4.69, 9.17) is 21.1 Å². The lowest BCUT2D eigenvalue weighted by atomic mass is 10.1. The van der Waals surface area contributed by atoms with Gasteiger partial charge in [0, 0.05) is 12.1 Å². The van der Waals surface area contributed by atoms with Crippen LogP contribution < -0.4 is 19.5 Å². The summed E-state index contributed by atoms with van der Waals surface area (Å²) in [6.07, 6.45) is 2.22. The molecule has 0 aromatic heterocycles. The first-order chi connectivity index (χ1) is 15.2. The number of fused-ring (bicyclic) bond motifs is 1. The van der Waals surface area contributed by atoms with E-state index >= 15 is 0 Å². The first-order valence-corrected chi connectivity index (χ1v) is 12.4. The molecule has 0 aliphatic heterocycles. The number of hydrogen-bond acceptors (Lipinski definition) is 5. The van der Waals surface area contributed by atoms with E-state index in [9.17, 15) is 13.2 Å². The van der Waals surface area contributed by atoms with E-state index in [1.165, 1.54) is 18.2 Å². The van der Waals surface area contributed by atoms with Crippen LogP contribution in [0.1, 0.15) is 54.2 Å². The Kier molecular flexibility index (Phi) is 7.69. The fourth-order valence-corrected chi connectivity index (χ4v) is 5.31. The third-order valence-electron chi connectivity index (χ3n) is 5.53. The molecule has 32 heavy (non-hydrogen) atoms. The summed E-state index contributed by atoms with van der Waals surface area (Å²) in [5.41, 5.74) is 2.28. The standard InChI is InChI=1S/C23H29ClN2O5S/c1-14(2)9-10-25-32(28,29)22-12-16(5-7-18(22)24)23(27)26-19-8-6-15-11-20(30-3)21(31-4)13-17(15)19/h5,7,11-14,19,25H,6,8-10H2,1-4H3,(H,26,27). The molecular weight excluding hydrogens is 452 g/mol. The number of amides is 1. The molecule has 0 radical (unpaired) electrons. The highest BCUT2D eigenvalue weighted by Gasteiger charge is 2.27. The molecule has 1 atom stereocenters. The van der Waals surface area contributed by atoms with Crippen molar-refractivity contribution in [3.63, 3.8) is 0 Å². The number of rotatable bonds is 9. The average molecular weight is 481 g/mol. The topological polar surface area (TPSA) is 93.7 Å². The molecule has 1 unspecified atom stereocenters. The molecule has 9 heteroatoms. The molecule has 0 bridgehead atoms. The number of nitrogens with one attached hydrogen (secondary N) is 2. The molecule has 0 saturated heterocycles. The zero-order chi connectivity index (χ0) is 23.5. The van der Waals surface area contributed by atoms with Crippen molar-refractivity contribution in [1.82, 2.24) is 10.0 Å². The van der Waals surface area contributed by atoms with Gasteiger partial charge < -0.3 is 14.8 Å². The number of hydrogen-bond donors (Lipinski definition) is 2. The summed E-state index contributed by atoms with van der Waals surface area (Å²) in [4.78, 5) is 12.9. The summed E-state index contributed by atoms with van der Waals surface area (Å²) < 4.78 is 38.7. The second kappa shape index (κ2) is 10.1. The Labute approximate surface area is 194 Å². The number of ether oxygens (including phenoxy) is 2. The van der Waals surface area contributed by atoms with Crippen LogP contribution in [-0.4, -0.2) is 35.1 Å². The van der Waals surface area contributed by atoms with Gasteiger partial charge in [0.1, 0.15) is 4.90 Å². The van der Waals surface area contributed by atoms with E-state index < -0.39 is 10.0 Å². The molecule has 0 saturated carbocycles. The van der Waals surface area contributed by atoms with Gasteiger partial charge in [-0.3, -0.25) is 4.79 Å². The Morgan fingerprint density at radius 2 is 1.84 bits per heavy atom. The number of aryl methyl sites for hydroxylation is 1. The summed E-state index contributed by atoms with van der Waals surface area (Å²) in [5.74, 6) is 1.24. The predicted octanol–water partition coefficient (Wildman–Crippen LogP) is 4.10. The smallest absolute Gasteiger partial charge is 0.251 e. The summed E-state index contributed by atoms with van der Waals surface area (Å²) >= 11 is 6.15. The first kappa shape index (κ1) is 24.4. The number of carbonyl (C=O) groups is 1. The van der Waals surface area contributed by atoms with Gasteiger partial charge in [-0.1, -0.05) is 25.4 Å². The van der Waals surface area contributed by atoms with Gasteiger partial charge in [0.15, 0.2) is 11.5 Å². The Morgan fingerprint density at radius 3 is 2.50 bits per heavy atom. The van der Waals surface area contributed by atoms with Crippen molar-refractivity contribution in [3.05, 3.63) is 52.0 Å². The van der Waals surface area contributed by atoms with Crippen molar-refractivity contribution in [2.75, 3.05) is 20.8 Å². The maximum absolute atomic E-state index is 13.0. The summed E-state index contributed by atoms with van der Waals surface area (Å²) in [7, 11) is -0.675. The Morgan fingerprint density at radius 1 is 1.16 bits per heavy atom. The fraction of sp³-hybridized carbons (Fsp3) is 0.435. The second-order valence-corrected chi connectivity index (χ2v) is 10.3. The quantitative estimate of drug-likeness (QED) is 0.563. The molecule has 1 aliphatic carbocycles. The molecule has 0 fully saturated rings. The SMILES string of the molecule is COc1cc2c(cc1OC)C(NC(=O)c1ccc(Cl)c(S(=O)(=O)NCCC(C)C)c1)CC2. The van der Waals surface area contributed by atoms with Crippen LogP contribution in [0.4, 0.5) is 0 Å². The van der Waals surface area contributed by atoms with Gasteiger partial charge in [-0.25, -0.2) is 13.1 Å². The third kappa shape index (κ3) is 5.36. The van der Waals surface area contributed by atoms with Crippen molar-refractivity contribution in [1.29, 1.82) is 0 Å². The average Bonchev–Trinajstić information content (AvgIpc) is 3.13. The normalized spacial score (nSPS) is 15.5. The van der Waals surface area contributed by atoms with Crippen molar-refractivity contribution < 1.29 is 22.7 Å². The van der Waals surface area contributed by atoms with Gasteiger partial charge in [0.05, 0.1) is 25.3 Å². The summed E-state index contributed by atoms with van der Waals surface area (Å²) in [6.45, 7) is 4.33. The van der Waals surface area contributed by atoms with Gasteiger partial charge >= 0.3 is 0 Å². The number of methoxy groups -OCH3 is 2. The third-order valence-corrected chi connectivity index (χ3v) is 7.47. The van der Waals surface area contributed by atoms with Crippen molar-refractivity contribution in [3.8, 4) is 11.5 Å². The van der Waals surface area contributed by atoms with Gasteiger partial charge in [-0.15, -0.1) is 0 Å². The van der Waals surface area contributed by atoms with E-state index in [1.807, 2.05) is 26.0 Å². The number of halogens is 1. The van der Waals surface area contributed by atoms with Crippen LogP contribution in [0.25, 0.3) is 0 Å². The minimum Gasteiger partial charge on any atom is -0.493 e. The molecule has 0 heterocycles. The summed E-state index contributed by atoms with van der Waals surface area (Å²) in [6, 6.07) is 7.87. The molecule has 2 aromatic carbocycles. The van der Waals surface area contributed by atoms with Gasteiger partial charge in [0.2, 0.25) is 10.0 Å². The minimum absolute atomic E-state index is 0.0710. The van der Waals surface area contributed by atoms with Crippen LogP contribution in [0, 0.1) is 5.92 Å². The molecule has 3 rings (SSSR count). The lowest BCUT2D eigenvalue weighted by molar-refractivity contribution is 0.0936. The highest BCUT2D eigenvalue weighted by molar-refractivity contribution is 7.89. The molecule has 7 nitrogen and oxygen atoms in total. The maximum atomic E-state index is 13.0. The van der Waals surface area contributed by atoms with Crippen molar-refractivity contribution >= 4 is 27.5 Å². The Balaban J connectivity index is 1.80. The number of benzene rings is 2. The molecule has 1 amide bonds. The predicted molar refractivity (Wildman–Crippen MR) is 124 cm³/mol. The highest BCUT2D eigenvalue weighted by atomic mass is 35.5. The maximum Gasteiger partial charge on any atom is 0.251 e. The first-order valence-electron chi connectivity index (χ1n) is 10.5. The largest absolute Gasteiger partial charge is 0.493 e. The zero-order valence-corrected chi connectivity index (χ0v) is 20.3. The van der Waals surface area contributed by atoms with E-state index in [1.54, 1.807) is 14.2 Å². The fourth-order valence-electron chi connectivity index (χ4n) is 3.73. The van der Waals surface area contributed by atoms with Gasteiger partial charge in [0.25, 0.3) is 5.91 Å². The Bertz CT molecular complexity index is 1100. The van der Waals surface area contributed by atoms with E-state index in [2.05, 4.69) is 10.0 Å². The van der Waals surface area contributed by atoms with E-state index in [-0.39, 0.29) is 27.4 Å². The van der Waals surface area contributed by atoms with Crippen LogP contribution >= 0.6 is 11.6 Å². The molecule has 1 aliphatic rings. The summed E-state index contributed by atoms with van der Waals surface area (Å²) in [5, 5.41) is 3.07. The van der Waals surface area contributed by atoms with Crippen molar-refractivity contribution in [2.24, 2.45) is 5.92 Å².